The van der Waals surface area contributed by atoms with Crippen LogP contribution in [0.1, 0.15) is 49.0 Å². The van der Waals surface area contributed by atoms with Crippen molar-refractivity contribution in [1.29, 1.82) is 0 Å². The second-order valence-electron chi connectivity index (χ2n) is 8.90. The largest absolute Gasteiger partial charge is 0.352 e. The third-order valence-corrected chi connectivity index (χ3v) is 6.64. The van der Waals surface area contributed by atoms with Crippen LogP contribution in [-0.4, -0.2) is 47.0 Å². The van der Waals surface area contributed by atoms with Crippen molar-refractivity contribution in [3.8, 4) is 0 Å². The fourth-order valence-electron chi connectivity index (χ4n) is 3.93. The number of aryl methyl sites for hydroxylation is 1. The highest BCUT2D eigenvalue weighted by Crippen LogP contribution is 2.23. The molecule has 0 aromatic heterocycles. The van der Waals surface area contributed by atoms with E-state index >= 15 is 0 Å². The maximum absolute atomic E-state index is 13.1. The molecule has 182 valence electrons. The molecule has 3 rings (SSSR count). The third kappa shape index (κ3) is 7.00. The number of anilines is 1. The fourth-order valence-corrected chi connectivity index (χ4v) is 4.23. The molecule has 1 heterocycles. The molecule has 1 aliphatic rings. The van der Waals surface area contributed by atoms with Gasteiger partial charge in [0.15, 0.2) is 5.11 Å². The van der Waals surface area contributed by atoms with E-state index in [1.807, 2.05) is 37.8 Å². The molecule has 0 radical (unpaired) electrons. The van der Waals surface area contributed by atoms with Gasteiger partial charge in [0, 0.05) is 30.4 Å². The standard InChI is InChI=1S/C26H33FN4O2S/c1-4-18(3)28-25(33)23(30-24(32)20-7-5-17(2)6-8-20)19-13-15-31(16-14-19)26(34)29-22-11-9-21(27)10-12-22/h5-12,18-19,23H,4,13-16H2,1-3H3,(H,28,33)(H,29,34)(H,30,32). The number of carbonyl (C=O) groups excluding carboxylic acids is 2. The van der Waals surface area contributed by atoms with E-state index in [4.69, 9.17) is 12.2 Å². The number of hydrogen-bond acceptors (Lipinski definition) is 3. The first-order chi connectivity index (χ1) is 16.3. The lowest BCUT2D eigenvalue weighted by Gasteiger charge is -2.37. The van der Waals surface area contributed by atoms with Crippen molar-refractivity contribution < 1.29 is 14.0 Å². The van der Waals surface area contributed by atoms with E-state index in [1.165, 1.54) is 12.1 Å². The smallest absolute Gasteiger partial charge is 0.251 e. The summed E-state index contributed by atoms with van der Waals surface area (Å²) in [5.74, 6) is -0.712. The Morgan fingerprint density at radius 3 is 2.26 bits per heavy atom. The summed E-state index contributed by atoms with van der Waals surface area (Å²) in [7, 11) is 0. The Morgan fingerprint density at radius 1 is 1.06 bits per heavy atom. The minimum Gasteiger partial charge on any atom is -0.352 e. The van der Waals surface area contributed by atoms with Crippen LogP contribution in [0.15, 0.2) is 48.5 Å². The van der Waals surface area contributed by atoms with Crippen LogP contribution in [0.3, 0.4) is 0 Å². The Labute approximate surface area is 206 Å². The van der Waals surface area contributed by atoms with Gasteiger partial charge >= 0.3 is 0 Å². The van der Waals surface area contributed by atoms with Gasteiger partial charge in [-0.1, -0.05) is 24.6 Å². The van der Waals surface area contributed by atoms with Gasteiger partial charge in [-0.15, -0.1) is 0 Å². The Kier molecular flexibility index (Phi) is 8.98. The van der Waals surface area contributed by atoms with E-state index < -0.39 is 6.04 Å². The molecule has 0 aliphatic carbocycles. The molecule has 0 bridgehead atoms. The summed E-state index contributed by atoms with van der Waals surface area (Å²) >= 11 is 5.53. The first-order valence-corrected chi connectivity index (χ1v) is 12.2. The van der Waals surface area contributed by atoms with Crippen LogP contribution < -0.4 is 16.0 Å². The second-order valence-corrected chi connectivity index (χ2v) is 9.28. The minimum atomic E-state index is -0.622. The number of nitrogens with zero attached hydrogens (tertiary/aromatic N) is 1. The van der Waals surface area contributed by atoms with Crippen LogP contribution in [0.4, 0.5) is 10.1 Å². The van der Waals surface area contributed by atoms with E-state index in [0.717, 1.165) is 17.7 Å². The maximum atomic E-state index is 13.1. The van der Waals surface area contributed by atoms with Gasteiger partial charge in [-0.2, -0.15) is 0 Å². The molecule has 0 spiro atoms. The predicted octanol–water partition coefficient (Wildman–Crippen LogP) is 4.26. The molecule has 2 aromatic rings. The summed E-state index contributed by atoms with van der Waals surface area (Å²) in [5, 5.41) is 9.72. The Bertz CT molecular complexity index is 989. The number of hydrogen-bond donors (Lipinski definition) is 3. The SMILES string of the molecule is CCC(C)NC(=O)C(NC(=O)c1ccc(C)cc1)C1CCN(C(=S)Nc2ccc(F)cc2)CC1. The lowest BCUT2D eigenvalue weighted by atomic mass is 9.88. The highest BCUT2D eigenvalue weighted by Gasteiger charge is 2.34. The topological polar surface area (TPSA) is 73.5 Å². The monoisotopic (exact) mass is 484 g/mol. The molecule has 2 amide bonds. The summed E-state index contributed by atoms with van der Waals surface area (Å²) in [6, 6.07) is 12.8. The van der Waals surface area contributed by atoms with Crippen LogP contribution in [0.2, 0.25) is 0 Å². The zero-order chi connectivity index (χ0) is 24.7. The molecule has 2 unspecified atom stereocenters. The van der Waals surface area contributed by atoms with Gasteiger partial charge in [-0.3, -0.25) is 9.59 Å². The number of nitrogens with one attached hydrogen (secondary N) is 3. The van der Waals surface area contributed by atoms with E-state index in [1.54, 1.807) is 24.3 Å². The van der Waals surface area contributed by atoms with Crippen molar-refractivity contribution in [2.75, 3.05) is 18.4 Å². The molecule has 34 heavy (non-hydrogen) atoms. The zero-order valence-corrected chi connectivity index (χ0v) is 20.8. The maximum Gasteiger partial charge on any atom is 0.251 e. The summed E-state index contributed by atoms with van der Waals surface area (Å²) in [5.41, 5.74) is 2.33. The van der Waals surface area contributed by atoms with E-state index in [9.17, 15) is 14.0 Å². The van der Waals surface area contributed by atoms with Gasteiger partial charge in [-0.05, 0) is 87.6 Å². The Morgan fingerprint density at radius 2 is 1.68 bits per heavy atom. The number of halogens is 1. The molecular formula is C26H33FN4O2S. The van der Waals surface area contributed by atoms with Gasteiger partial charge in [-0.25, -0.2) is 4.39 Å². The molecule has 0 saturated carbocycles. The molecule has 2 aromatic carbocycles. The van der Waals surface area contributed by atoms with Crippen molar-refractivity contribution in [3.63, 3.8) is 0 Å². The normalized spacial score (nSPS) is 15.8. The van der Waals surface area contributed by atoms with Crippen LogP contribution in [0.25, 0.3) is 0 Å². The summed E-state index contributed by atoms with van der Waals surface area (Å²) in [6.07, 6.45) is 2.22. The number of amides is 2. The Balaban J connectivity index is 1.64. The summed E-state index contributed by atoms with van der Waals surface area (Å²) < 4.78 is 13.1. The summed E-state index contributed by atoms with van der Waals surface area (Å²) in [6.45, 7) is 7.25. The van der Waals surface area contributed by atoms with E-state index in [-0.39, 0.29) is 29.6 Å². The number of rotatable bonds is 7. The molecule has 8 heteroatoms. The van der Waals surface area contributed by atoms with E-state index in [2.05, 4.69) is 16.0 Å². The molecule has 1 fully saturated rings. The predicted molar refractivity (Wildman–Crippen MR) is 137 cm³/mol. The number of benzene rings is 2. The van der Waals surface area contributed by atoms with Crippen molar-refractivity contribution in [1.82, 2.24) is 15.5 Å². The van der Waals surface area contributed by atoms with Gasteiger partial charge in [0.2, 0.25) is 5.91 Å². The summed E-state index contributed by atoms with van der Waals surface area (Å²) in [4.78, 5) is 28.1. The van der Waals surface area contributed by atoms with Crippen LogP contribution in [0, 0.1) is 18.7 Å². The van der Waals surface area contributed by atoms with Gasteiger partial charge in [0.05, 0.1) is 0 Å². The van der Waals surface area contributed by atoms with Gasteiger partial charge < -0.3 is 20.9 Å². The van der Waals surface area contributed by atoms with Crippen LogP contribution in [0.5, 0.6) is 0 Å². The van der Waals surface area contributed by atoms with Gasteiger partial charge in [0.1, 0.15) is 11.9 Å². The van der Waals surface area contributed by atoms with Crippen molar-refractivity contribution in [3.05, 3.63) is 65.5 Å². The molecule has 1 aliphatic heterocycles. The Hall–Kier alpha value is -3.00. The zero-order valence-electron chi connectivity index (χ0n) is 19.9. The third-order valence-electron chi connectivity index (χ3n) is 6.28. The number of likely N-dealkylation sites (tertiary alicyclic amines) is 1. The molecule has 2 atom stereocenters. The van der Waals surface area contributed by atoms with Gasteiger partial charge in [0.25, 0.3) is 5.91 Å². The lowest BCUT2D eigenvalue weighted by Crippen LogP contribution is -2.55. The number of carbonyl (C=O) groups is 2. The molecule has 6 nitrogen and oxygen atoms in total. The molecule has 1 saturated heterocycles. The lowest BCUT2D eigenvalue weighted by molar-refractivity contribution is -0.125. The van der Waals surface area contributed by atoms with Crippen LogP contribution in [-0.2, 0) is 4.79 Å². The van der Waals surface area contributed by atoms with Crippen molar-refractivity contribution >= 4 is 34.8 Å². The quantitative estimate of drug-likeness (QED) is 0.513. The van der Waals surface area contributed by atoms with E-state index in [0.29, 0.717) is 36.6 Å². The molecular weight excluding hydrogens is 451 g/mol. The highest BCUT2D eigenvalue weighted by atomic mass is 32.1. The highest BCUT2D eigenvalue weighted by molar-refractivity contribution is 7.80. The van der Waals surface area contributed by atoms with Crippen LogP contribution >= 0.6 is 12.2 Å². The first kappa shape index (κ1) is 25.6. The number of piperidine rings is 1. The molecule has 3 N–H and O–H groups in total. The first-order valence-electron chi connectivity index (χ1n) is 11.8. The second kappa shape index (κ2) is 11.9. The van der Waals surface area contributed by atoms with Crippen molar-refractivity contribution in [2.24, 2.45) is 5.92 Å². The average Bonchev–Trinajstić information content (AvgIpc) is 2.84. The fraction of sp³-hybridized carbons (Fsp3) is 0.423. The average molecular weight is 485 g/mol. The minimum absolute atomic E-state index is 0.0108. The number of thiocarbonyl (C=S) groups is 1. The van der Waals surface area contributed by atoms with Crippen molar-refractivity contribution in [2.45, 2.75) is 52.1 Å².